The molecule has 0 aliphatic heterocycles. The second kappa shape index (κ2) is 5.60. The zero-order chi connectivity index (χ0) is 13.0. The molecule has 1 heterocycles. The number of aryl methyl sites for hydroxylation is 1. The quantitative estimate of drug-likeness (QED) is 0.684. The molecule has 1 aromatic heterocycles. The number of rotatable bonds is 5. The third-order valence-corrected chi connectivity index (χ3v) is 2.33. The van der Waals surface area contributed by atoms with Crippen LogP contribution in [-0.2, 0) is 4.79 Å². The van der Waals surface area contributed by atoms with Gasteiger partial charge in [-0.3, -0.25) is 4.79 Å². The molecular weight excluding hydrogens is 226 g/mol. The minimum atomic E-state index is -1.36. The van der Waals surface area contributed by atoms with Crippen molar-refractivity contribution in [3.63, 3.8) is 0 Å². The number of carboxylic acids is 1. The van der Waals surface area contributed by atoms with Gasteiger partial charge in [0.1, 0.15) is 6.10 Å². The summed E-state index contributed by atoms with van der Waals surface area (Å²) < 4.78 is 4.96. The second-order valence-corrected chi connectivity index (χ2v) is 3.70. The molecule has 2 atom stereocenters. The van der Waals surface area contributed by atoms with Gasteiger partial charge in [0.2, 0.25) is 5.88 Å². The monoisotopic (exact) mass is 241 g/mol. The van der Waals surface area contributed by atoms with Crippen molar-refractivity contribution >= 4 is 5.97 Å². The van der Waals surface area contributed by atoms with E-state index in [0.717, 1.165) is 0 Å². The van der Waals surface area contributed by atoms with E-state index in [4.69, 9.17) is 9.84 Å². The molecule has 94 valence electrons. The van der Waals surface area contributed by atoms with Crippen LogP contribution in [0.3, 0.4) is 0 Å². The number of aromatic nitrogens is 1. The Kier molecular flexibility index (Phi) is 4.42. The molecule has 0 bridgehead atoms. The number of pyridine rings is 1. The predicted octanol–water partition coefficient (Wildman–Crippen LogP) is 0.268. The maximum Gasteiger partial charge on any atom is 0.306 e. The highest BCUT2D eigenvalue weighted by atomic mass is 16.5. The Hall–Kier alpha value is -1.66. The van der Waals surface area contributed by atoms with E-state index in [1.807, 2.05) is 0 Å². The van der Waals surface area contributed by atoms with Gasteiger partial charge in [-0.15, -0.1) is 0 Å². The van der Waals surface area contributed by atoms with Crippen molar-refractivity contribution < 1.29 is 24.9 Å². The lowest BCUT2D eigenvalue weighted by molar-refractivity contribution is -0.141. The van der Waals surface area contributed by atoms with Crippen LogP contribution >= 0.6 is 0 Å². The molecule has 0 amide bonds. The minimum absolute atomic E-state index is 0.358. The first-order chi connectivity index (χ1) is 7.95. The van der Waals surface area contributed by atoms with E-state index >= 15 is 0 Å². The molecule has 0 radical (unpaired) electrons. The van der Waals surface area contributed by atoms with Crippen LogP contribution in [0.2, 0.25) is 0 Å². The number of hydrogen-bond donors (Lipinski definition) is 3. The number of ether oxygens (including phenoxy) is 1. The molecule has 0 spiro atoms. The summed E-state index contributed by atoms with van der Waals surface area (Å²) in [6.07, 6.45) is -1.81. The molecule has 0 aliphatic rings. The lowest BCUT2D eigenvalue weighted by atomic mass is 10.0. The Labute approximate surface area is 98.5 Å². The van der Waals surface area contributed by atoms with E-state index in [0.29, 0.717) is 17.0 Å². The van der Waals surface area contributed by atoms with Crippen molar-refractivity contribution in [1.82, 2.24) is 4.98 Å². The van der Waals surface area contributed by atoms with Crippen LogP contribution in [0.1, 0.15) is 23.7 Å². The van der Waals surface area contributed by atoms with Crippen LogP contribution in [0, 0.1) is 6.92 Å². The Bertz CT molecular complexity index is 407. The summed E-state index contributed by atoms with van der Waals surface area (Å²) in [7, 11) is 1.48. The second-order valence-electron chi connectivity index (χ2n) is 3.70. The van der Waals surface area contributed by atoms with Crippen molar-refractivity contribution in [2.24, 2.45) is 0 Å². The maximum atomic E-state index is 10.4. The summed E-state index contributed by atoms with van der Waals surface area (Å²) >= 11 is 0. The normalized spacial score (nSPS) is 14.1. The van der Waals surface area contributed by atoms with E-state index in [2.05, 4.69) is 4.98 Å². The molecule has 1 aromatic rings. The number of nitrogens with zero attached hydrogens (tertiary/aromatic N) is 1. The van der Waals surface area contributed by atoms with Gasteiger partial charge in [-0.1, -0.05) is 0 Å². The molecule has 0 aliphatic carbocycles. The topological polar surface area (TPSA) is 99.9 Å². The molecule has 3 N–H and O–H groups in total. The van der Waals surface area contributed by atoms with Crippen molar-refractivity contribution in [3.05, 3.63) is 23.4 Å². The number of aliphatic hydroxyl groups excluding tert-OH is 2. The smallest absolute Gasteiger partial charge is 0.306 e. The Balaban J connectivity index is 2.85. The molecule has 0 fully saturated rings. The third kappa shape index (κ3) is 3.40. The lowest BCUT2D eigenvalue weighted by Crippen LogP contribution is -2.22. The Morgan fingerprint density at radius 1 is 1.53 bits per heavy atom. The lowest BCUT2D eigenvalue weighted by Gasteiger charge is -2.17. The first kappa shape index (κ1) is 13.4. The van der Waals surface area contributed by atoms with Crippen LogP contribution in [0.15, 0.2) is 12.3 Å². The fraction of sp³-hybridized carbons (Fsp3) is 0.455. The van der Waals surface area contributed by atoms with Gasteiger partial charge in [0.15, 0.2) is 0 Å². The number of aliphatic hydroxyl groups is 2. The molecule has 17 heavy (non-hydrogen) atoms. The number of aliphatic carboxylic acids is 1. The first-order valence-corrected chi connectivity index (χ1v) is 5.04. The highest BCUT2D eigenvalue weighted by molar-refractivity contribution is 5.67. The van der Waals surface area contributed by atoms with Crippen molar-refractivity contribution in [2.45, 2.75) is 25.6 Å². The van der Waals surface area contributed by atoms with Crippen molar-refractivity contribution in [3.8, 4) is 5.88 Å². The molecule has 0 saturated heterocycles. The average molecular weight is 241 g/mol. The van der Waals surface area contributed by atoms with Gasteiger partial charge in [-0.2, -0.15) is 0 Å². The van der Waals surface area contributed by atoms with Gasteiger partial charge >= 0.3 is 5.97 Å². The van der Waals surface area contributed by atoms with Crippen LogP contribution in [0.5, 0.6) is 5.88 Å². The van der Waals surface area contributed by atoms with E-state index < -0.39 is 24.6 Å². The fourth-order valence-electron chi connectivity index (χ4n) is 1.47. The van der Waals surface area contributed by atoms with E-state index in [1.165, 1.54) is 13.3 Å². The number of hydrogen-bond acceptors (Lipinski definition) is 5. The predicted molar refractivity (Wildman–Crippen MR) is 58.7 cm³/mol. The van der Waals surface area contributed by atoms with Crippen LogP contribution in [0.4, 0.5) is 0 Å². The SMILES string of the molecule is COc1ncc(C(O)C(O)CC(=O)O)cc1C. The largest absolute Gasteiger partial charge is 0.481 e. The molecule has 6 heteroatoms. The minimum Gasteiger partial charge on any atom is -0.481 e. The summed E-state index contributed by atoms with van der Waals surface area (Å²) in [6, 6.07) is 1.60. The van der Waals surface area contributed by atoms with Crippen molar-refractivity contribution in [2.75, 3.05) is 7.11 Å². The van der Waals surface area contributed by atoms with Crippen LogP contribution < -0.4 is 4.74 Å². The molecule has 6 nitrogen and oxygen atoms in total. The van der Waals surface area contributed by atoms with Gasteiger partial charge in [0.05, 0.1) is 19.6 Å². The summed E-state index contributed by atoms with van der Waals surface area (Å²) in [5, 5.41) is 27.7. The average Bonchev–Trinajstić information content (AvgIpc) is 2.27. The van der Waals surface area contributed by atoms with Gasteiger partial charge in [-0.25, -0.2) is 4.98 Å². The fourth-order valence-corrected chi connectivity index (χ4v) is 1.47. The molecule has 2 unspecified atom stereocenters. The molecular formula is C11H15NO5. The summed E-state index contributed by atoms with van der Waals surface area (Å²) in [5.74, 6) is -0.747. The Morgan fingerprint density at radius 3 is 2.65 bits per heavy atom. The molecule has 0 aromatic carbocycles. The van der Waals surface area contributed by atoms with Gasteiger partial charge < -0.3 is 20.1 Å². The Morgan fingerprint density at radius 2 is 2.18 bits per heavy atom. The summed E-state index contributed by atoms with van der Waals surface area (Å²) in [5.41, 5.74) is 1.06. The molecule has 0 saturated carbocycles. The number of methoxy groups -OCH3 is 1. The molecule has 1 rings (SSSR count). The maximum absolute atomic E-state index is 10.4. The van der Waals surface area contributed by atoms with Crippen LogP contribution in [-0.4, -0.2) is 39.5 Å². The number of carbonyl (C=O) groups is 1. The summed E-state index contributed by atoms with van der Waals surface area (Å²) in [4.78, 5) is 14.3. The zero-order valence-electron chi connectivity index (χ0n) is 9.62. The van der Waals surface area contributed by atoms with E-state index in [9.17, 15) is 15.0 Å². The van der Waals surface area contributed by atoms with Gasteiger partial charge in [-0.05, 0) is 13.0 Å². The van der Waals surface area contributed by atoms with E-state index in [1.54, 1.807) is 13.0 Å². The number of carboxylic acid groups (broad SMARTS) is 1. The third-order valence-electron chi connectivity index (χ3n) is 2.33. The van der Waals surface area contributed by atoms with Gasteiger partial charge in [0.25, 0.3) is 0 Å². The zero-order valence-corrected chi connectivity index (χ0v) is 9.62. The standard InChI is InChI=1S/C11H15NO5/c1-6-3-7(5-12-11(6)17-2)10(16)8(13)4-9(14)15/h3,5,8,10,13,16H,4H2,1-2H3,(H,14,15). The first-order valence-electron chi connectivity index (χ1n) is 5.04. The summed E-state index contributed by atoms with van der Waals surface area (Å²) in [6.45, 7) is 1.74. The van der Waals surface area contributed by atoms with Crippen molar-refractivity contribution in [1.29, 1.82) is 0 Å². The van der Waals surface area contributed by atoms with E-state index in [-0.39, 0.29) is 0 Å². The highest BCUT2D eigenvalue weighted by Gasteiger charge is 2.22. The highest BCUT2D eigenvalue weighted by Crippen LogP contribution is 2.22. The van der Waals surface area contributed by atoms with Gasteiger partial charge in [0, 0.05) is 17.3 Å². The van der Waals surface area contributed by atoms with Crippen LogP contribution in [0.25, 0.3) is 0 Å².